The van der Waals surface area contributed by atoms with E-state index in [0.717, 1.165) is 5.56 Å². The number of carbonyl (C=O) groups excluding carboxylic acids is 1. The summed E-state index contributed by atoms with van der Waals surface area (Å²) < 4.78 is 5.46. The fraction of sp³-hybridized carbons (Fsp3) is 0.133. The molecule has 110 valence electrons. The highest BCUT2D eigenvalue weighted by molar-refractivity contribution is 6.33. The topological polar surface area (TPSA) is 64.3 Å². The molecule has 2 rings (SSSR count). The Balaban J connectivity index is 1.97. The molecule has 0 heterocycles. The maximum Gasteiger partial charge on any atom is 0.262 e. The molecule has 0 fully saturated rings. The first-order valence-electron chi connectivity index (χ1n) is 6.26. The molecule has 0 unspecified atom stereocenters. The molecule has 0 aromatic heterocycles. The Morgan fingerprint density at radius 1 is 1.19 bits per heavy atom. The van der Waals surface area contributed by atoms with E-state index in [4.69, 9.17) is 33.7 Å². The molecule has 0 saturated heterocycles. The molecule has 0 aliphatic carbocycles. The summed E-state index contributed by atoms with van der Waals surface area (Å²) >= 11 is 11.8. The number of anilines is 1. The van der Waals surface area contributed by atoms with Gasteiger partial charge in [-0.1, -0.05) is 35.3 Å². The molecule has 0 spiro atoms. The first-order valence-corrected chi connectivity index (χ1v) is 7.01. The number of rotatable bonds is 5. The Morgan fingerprint density at radius 2 is 1.95 bits per heavy atom. The summed E-state index contributed by atoms with van der Waals surface area (Å²) in [6.45, 7) is 0.141. The number of hydrogen-bond acceptors (Lipinski definition) is 3. The van der Waals surface area contributed by atoms with Crippen molar-refractivity contribution in [1.82, 2.24) is 0 Å². The Hall–Kier alpha value is -1.75. The molecule has 0 atom stereocenters. The number of nitrogens with two attached hydrogens (primary N) is 1. The van der Waals surface area contributed by atoms with Crippen molar-refractivity contribution in [3.05, 3.63) is 58.1 Å². The molecule has 0 aliphatic rings. The van der Waals surface area contributed by atoms with Crippen LogP contribution in [0.4, 0.5) is 5.69 Å². The van der Waals surface area contributed by atoms with E-state index in [1.165, 1.54) is 0 Å². The predicted octanol–water partition coefficient (Wildman–Crippen LogP) is 3.47. The predicted molar refractivity (Wildman–Crippen MR) is 84.9 cm³/mol. The van der Waals surface area contributed by atoms with Crippen molar-refractivity contribution in [2.75, 3.05) is 11.9 Å². The number of ether oxygens (including phenoxy) is 1. The van der Waals surface area contributed by atoms with Gasteiger partial charge in [0.15, 0.2) is 6.61 Å². The Labute approximate surface area is 132 Å². The zero-order chi connectivity index (χ0) is 15.2. The van der Waals surface area contributed by atoms with Crippen LogP contribution in [0.25, 0.3) is 0 Å². The molecule has 4 nitrogen and oxygen atoms in total. The van der Waals surface area contributed by atoms with Crippen LogP contribution in [-0.2, 0) is 11.3 Å². The molecule has 21 heavy (non-hydrogen) atoms. The lowest BCUT2D eigenvalue weighted by Gasteiger charge is -2.11. The van der Waals surface area contributed by atoms with Gasteiger partial charge >= 0.3 is 0 Å². The average molecular weight is 325 g/mol. The summed E-state index contributed by atoms with van der Waals surface area (Å²) in [5.74, 6) is 0.234. The van der Waals surface area contributed by atoms with Crippen molar-refractivity contribution in [3.8, 4) is 5.75 Å². The summed E-state index contributed by atoms with van der Waals surface area (Å²) in [6.07, 6.45) is 0. The molecule has 0 saturated carbocycles. The zero-order valence-electron chi connectivity index (χ0n) is 11.1. The number of amides is 1. The highest BCUT2D eigenvalue weighted by atomic mass is 35.5. The lowest BCUT2D eigenvalue weighted by molar-refractivity contribution is -0.118. The molecular weight excluding hydrogens is 311 g/mol. The fourth-order valence-electron chi connectivity index (χ4n) is 1.74. The van der Waals surface area contributed by atoms with Gasteiger partial charge in [0, 0.05) is 17.1 Å². The van der Waals surface area contributed by atoms with E-state index < -0.39 is 0 Å². The van der Waals surface area contributed by atoms with Crippen molar-refractivity contribution in [2.24, 2.45) is 5.73 Å². The van der Waals surface area contributed by atoms with E-state index in [1.54, 1.807) is 42.5 Å². The summed E-state index contributed by atoms with van der Waals surface area (Å²) in [5.41, 5.74) is 6.90. The van der Waals surface area contributed by atoms with Gasteiger partial charge in [0.1, 0.15) is 5.75 Å². The summed E-state index contributed by atoms with van der Waals surface area (Å²) in [6, 6.07) is 12.1. The van der Waals surface area contributed by atoms with Gasteiger partial charge < -0.3 is 15.8 Å². The van der Waals surface area contributed by atoms with Crippen molar-refractivity contribution in [1.29, 1.82) is 0 Å². The zero-order valence-corrected chi connectivity index (χ0v) is 12.6. The average Bonchev–Trinajstić information content (AvgIpc) is 2.48. The number of benzene rings is 2. The Kier molecular flexibility index (Phi) is 5.44. The monoisotopic (exact) mass is 324 g/mol. The maximum absolute atomic E-state index is 11.9. The molecular formula is C15H14Cl2N2O2. The smallest absolute Gasteiger partial charge is 0.262 e. The largest absolute Gasteiger partial charge is 0.483 e. The molecule has 2 aromatic carbocycles. The quantitative estimate of drug-likeness (QED) is 0.885. The van der Waals surface area contributed by atoms with Crippen molar-refractivity contribution in [3.63, 3.8) is 0 Å². The third kappa shape index (κ3) is 4.36. The minimum Gasteiger partial charge on any atom is -0.483 e. The van der Waals surface area contributed by atoms with Crippen LogP contribution < -0.4 is 15.8 Å². The molecule has 2 aromatic rings. The van der Waals surface area contributed by atoms with Gasteiger partial charge in [0.25, 0.3) is 5.91 Å². The van der Waals surface area contributed by atoms with Crippen molar-refractivity contribution < 1.29 is 9.53 Å². The van der Waals surface area contributed by atoms with Crippen LogP contribution in [0, 0.1) is 0 Å². The number of para-hydroxylation sites is 1. The van der Waals surface area contributed by atoms with Crippen LogP contribution in [0.3, 0.4) is 0 Å². The van der Waals surface area contributed by atoms with E-state index in [0.29, 0.717) is 21.5 Å². The lowest BCUT2D eigenvalue weighted by atomic mass is 10.2. The number of hydrogen-bond donors (Lipinski definition) is 2. The van der Waals surface area contributed by atoms with Gasteiger partial charge in [-0.2, -0.15) is 0 Å². The first kappa shape index (κ1) is 15.6. The van der Waals surface area contributed by atoms with Crippen LogP contribution in [0.15, 0.2) is 42.5 Å². The van der Waals surface area contributed by atoms with Gasteiger partial charge in [-0.15, -0.1) is 0 Å². The molecule has 3 N–H and O–H groups in total. The van der Waals surface area contributed by atoms with Crippen LogP contribution in [0.1, 0.15) is 5.56 Å². The van der Waals surface area contributed by atoms with Crippen molar-refractivity contribution in [2.45, 2.75) is 6.54 Å². The van der Waals surface area contributed by atoms with Crippen LogP contribution >= 0.6 is 23.2 Å². The summed E-state index contributed by atoms with van der Waals surface area (Å²) in [4.78, 5) is 11.9. The summed E-state index contributed by atoms with van der Waals surface area (Å²) in [5, 5.41) is 3.72. The third-order valence-corrected chi connectivity index (χ3v) is 3.31. The minimum absolute atomic E-state index is 0.139. The van der Waals surface area contributed by atoms with Crippen LogP contribution in [0.2, 0.25) is 10.0 Å². The maximum atomic E-state index is 11.9. The van der Waals surface area contributed by atoms with E-state index in [-0.39, 0.29) is 19.1 Å². The molecule has 6 heteroatoms. The van der Waals surface area contributed by atoms with Gasteiger partial charge in [-0.05, 0) is 30.3 Å². The molecule has 1 amide bonds. The molecule has 0 radical (unpaired) electrons. The normalized spacial score (nSPS) is 10.2. The Morgan fingerprint density at radius 3 is 2.67 bits per heavy atom. The number of nitrogens with one attached hydrogen (secondary N) is 1. The van der Waals surface area contributed by atoms with Crippen LogP contribution in [0.5, 0.6) is 5.75 Å². The standard InChI is InChI=1S/C15H14Cl2N2O2/c16-11-5-6-14(10(7-11)8-18)21-9-15(20)19-13-4-2-1-3-12(13)17/h1-7H,8-9,18H2,(H,19,20). The van der Waals surface area contributed by atoms with E-state index in [9.17, 15) is 4.79 Å². The van der Waals surface area contributed by atoms with E-state index >= 15 is 0 Å². The summed E-state index contributed by atoms with van der Waals surface area (Å²) in [7, 11) is 0. The highest BCUT2D eigenvalue weighted by Gasteiger charge is 2.08. The number of carbonyl (C=O) groups is 1. The highest BCUT2D eigenvalue weighted by Crippen LogP contribution is 2.23. The third-order valence-electron chi connectivity index (χ3n) is 2.75. The van der Waals surface area contributed by atoms with Crippen molar-refractivity contribution >= 4 is 34.8 Å². The van der Waals surface area contributed by atoms with Gasteiger partial charge in [0.05, 0.1) is 10.7 Å². The van der Waals surface area contributed by atoms with E-state index in [1.807, 2.05) is 0 Å². The second-order valence-corrected chi connectivity index (χ2v) is 5.12. The van der Waals surface area contributed by atoms with Gasteiger partial charge in [-0.25, -0.2) is 0 Å². The minimum atomic E-state index is -0.305. The van der Waals surface area contributed by atoms with Gasteiger partial charge in [-0.3, -0.25) is 4.79 Å². The second-order valence-electron chi connectivity index (χ2n) is 4.27. The van der Waals surface area contributed by atoms with Gasteiger partial charge in [0.2, 0.25) is 0 Å². The number of halogens is 2. The SMILES string of the molecule is NCc1cc(Cl)ccc1OCC(=O)Nc1ccccc1Cl. The second kappa shape index (κ2) is 7.31. The van der Waals surface area contributed by atoms with E-state index in [2.05, 4.69) is 5.32 Å². The fourth-order valence-corrected chi connectivity index (χ4v) is 2.12. The molecule has 0 aliphatic heterocycles. The Bertz CT molecular complexity index is 647. The van der Waals surface area contributed by atoms with Crippen LogP contribution in [-0.4, -0.2) is 12.5 Å². The molecule has 0 bridgehead atoms. The lowest BCUT2D eigenvalue weighted by Crippen LogP contribution is -2.20. The first-order chi connectivity index (χ1) is 10.1.